The van der Waals surface area contributed by atoms with E-state index < -0.39 is 5.96 Å². The van der Waals surface area contributed by atoms with Gasteiger partial charge in [-0.25, -0.2) is 0 Å². The molecule has 0 saturated carbocycles. The molecular weight excluding hydrogens is 449 g/mol. The van der Waals surface area contributed by atoms with Crippen molar-refractivity contribution >= 4 is 44.7 Å². The summed E-state index contributed by atoms with van der Waals surface area (Å²) in [4.78, 5) is 13.6. The van der Waals surface area contributed by atoms with Crippen molar-refractivity contribution in [3.63, 3.8) is 0 Å². The number of ether oxygens (including phenoxy) is 1. The third-order valence-electron chi connectivity index (χ3n) is 5.77. The van der Waals surface area contributed by atoms with Crippen LogP contribution in [0.2, 0.25) is 0 Å². The molecule has 0 spiro atoms. The standard InChI is InChI=1S/C28H27ClNO2P/c1-2-32-24-20-18-23(19-21-24)30-28(31)22-33(29,25-12-6-3-7-13-25,26-14-8-4-9-15-26)27-16-10-5-11-17-27/h3-21H,2,22H2,1H3,(H,30,31). The van der Waals surface area contributed by atoms with Crippen LogP contribution in [-0.2, 0) is 4.79 Å². The number of hydrogen-bond donors (Lipinski definition) is 1. The second kappa shape index (κ2) is 9.79. The predicted octanol–water partition coefficient (Wildman–Crippen LogP) is 5.71. The normalized spacial score (nSPS) is 12.4. The number of carbonyl (C=O) groups is 1. The summed E-state index contributed by atoms with van der Waals surface area (Å²) in [6.45, 7) is 2.54. The van der Waals surface area contributed by atoms with Crippen LogP contribution in [0.5, 0.6) is 5.75 Å². The molecule has 1 N–H and O–H groups in total. The van der Waals surface area contributed by atoms with Gasteiger partial charge in [-0.1, -0.05) is 0 Å². The van der Waals surface area contributed by atoms with E-state index >= 15 is 0 Å². The van der Waals surface area contributed by atoms with Crippen molar-refractivity contribution in [3.8, 4) is 5.75 Å². The van der Waals surface area contributed by atoms with Gasteiger partial charge < -0.3 is 0 Å². The SMILES string of the molecule is CCOc1ccc(NC(=O)CP(Cl)(c2ccccc2)(c2ccccc2)c2ccccc2)cc1. The Kier molecular flexibility index (Phi) is 6.83. The van der Waals surface area contributed by atoms with Crippen molar-refractivity contribution in [1.29, 1.82) is 0 Å². The Hall–Kier alpha value is -3.13. The second-order valence-corrected chi connectivity index (χ2v) is 14.3. The third-order valence-corrected chi connectivity index (χ3v) is 12.9. The molecule has 4 aromatic carbocycles. The van der Waals surface area contributed by atoms with Gasteiger partial charge in [0.05, 0.1) is 0 Å². The molecule has 0 unspecified atom stereocenters. The van der Waals surface area contributed by atoms with Crippen LogP contribution in [0.4, 0.5) is 5.69 Å². The summed E-state index contributed by atoms with van der Waals surface area (Å²) in [7, 11) is 0. The fraction of sp³-hybridized carbons (Fsp3) is 0.107. The fourth-order valence-corrected chi connectivity index (χ4v) is 9.99. The van der Waals surface area contributed by atoms with Gasteiger partial charge in [0.25, 0.3) is 0 Å². The number of hydrogen-bond acceptors (Lipinski definition) is 2. The molecule has 168 valence electrons. The average Bonchev–Trinajstić information content (AvgIpc) is 2.87. The van der Waals surface area contributed by atoms with Crippen LogP contribution in [0, 0.1) is 0 Å². The maximum absolute atomic E-state index is 13.6. The number of anilines is 1. The summed E-state index contributed by atoms with van der Waals surface area (Å²) < 4.78 is 5.51. The summed E-state index contributed by atoms with van der Waals surface area (Å²) in [5.41, 5.74) is 0.708. The van der Waals surface area contributed by atoms with Gasteiger partial charge in [0.15, 0.2) is 0 Å². The van der Waals surface area contributed by atoms with E-state index in [4.69, 9.17) is 16.0 Å². The van der Waals surface area contributed by atoms with Crippen LogP contribution in [0.25, 0.3) is 0 Å². The molecule has 0 aromatic heterocycles. The first-order valence-electron chi connectivity index (χ1n) is 11.0. The maximum atomic E-state index is 13.6. The van der Waals surface area contributed by atoms with Gasteiger partial charge >= 0.3 is 200 Å². The van der Waals surface area contributed by atoms with Crippen molar-refractivity contribution in [2.24, 2.45) is 0 Å². The van der Waals surface area contributed by atoms with Crippen molar-refractivity contribution in [2.75, 3.05) is 18.1 Å². The summed E-state index contributed by atoms with van der Waals surface area (Å²) in [6, 6.07) is 37.4. The minimum atomic E-state index is -3.65. The molecule has 0 fully saturated rings. The molecule has 0 aliphatic carbocycles. The molecular formula is C28H27ClNO2P. The molecule has 33 heavy (non-hydrogen) atoms. The molecule has 0 radical (unpaired) electrons. The molecule has 0 saturated heterocycles. The quantitative estimate of drug-likeness (QED) is 0.332. The van der Waals surface area contributed by atoms with Gasteiger partial charge in [0, 0.05) is 0 Å². The Balaban J connectivity index is 1.82. The Bertz CT molecular complexity index is 1100. The number of nitrogens with one attached hydrogen (secondary N) is 1. The Morgan fingerprint density at radius 2 is 1.15 bits per heavy atom. The first kappa shape index (κ1) is 23.0. The predicted molar refractivity (Wildman–Crippen MR) is 142 cm³/mol. The van der Waals surface area contributed by atoms with Gasteiger partial charge in [-0.15, -0.1) is 0 Å². The molecule has 5 heteroatoms. The van der Waals surface area contributed by atoms with E-state index in [0.717, 1.165) is 21.7 Å². The number of halogens is 1. The molecule has 4 rings (SSSR count). The van der Waals surface area contributed by atoms with E-state index in [-0.39, 0.29) is 12.1 Å². The van der Waals surface area contributed by atoms with Crippen molar-refractivity contribution in [2.45, 2.75) is 6.92 Å². The first-order valence-corrected chi connectivity index (χ1v) is 14.3. The van der Waals surface area contributed by atoms with Crippen LogP contribution in [0.1, 0.15) is 6.92 Å². The van der Waals surface area contributed by atoms with E-state index in [1.807, 2.05) is 122 Å². The monoisotopic (exact) mass is 475 g/mol. The van der Waals surface area contributed by atoms with E-state index in [9.17, 15) is 4.79 Å². The topological polar surface area (TPSA) is 38.3 Å². The summed E-state index contributed by atoms with van der Waals surface area (Å²) >= 11 is 7.95. The van der Waals surface area contributed by atoms with Crippen LogP contribution < -0.4 is 26.0 Å². The van der Waals surface area contributed by atoms with Gasteiger partial charge in [0.1, 0.15) is 0 Å². The summed E-state index contributed by atoms with van der Waals surface area (Å²) in [5.74, 6) is -3.01. The van der Waals surface area contributed by atoms with E-state index in [1.54, 1.807) is 0 Å². The summed E-state index contributed by atoms with van der Waals surface area (Å²) in [6.07, 6.45) is 0.137. The average molecular weight is 476 g/mol. The second-order valence-electron chi connectivity index (χ2n) is 7.85. The zero-order chi connectivity index (χ0) is 23.2. The van der Waals surface area contributed by atoms with Crippen molar-refractivity contribution < 1.29 is 9.53 Å². The Morgan fingerprint density at radius 1 is 0.727 bits per heavy atom. The molecule has 1 amide bonds. The molecule has 0 bridgehead atoms. The van der Waals surface area contributed by atoms with Crippen LogP contribution in [-0.4, -0.2) is 18.7 Å². The number of carbonyl (C=O) groups excluding carboxylic acids is 1. The number of amides is 1. The molecule has 3 nitrogen and oxygen atoms in total. The first-order chi connectivity index (χ1) is 16.0. The Labute approximate surface area is 200 Å². The number of benzene rings is 4. The number of rotatable bonds is 8. The van der Waals surface area contributed by atoms with Gasteiger partial charge in [-0.2, -0.15) is 0 Å². The minimum absolute atomic E-state index is 0.136. The van der Waals surface area contributed by atoms with E-state index in [1.165, 1.54) is 0 Å². The zero-order valence-electron chi connectivity index (χ0n) is 18.5. The van der Waals surface area contributed by atoms with Crippen LogP contribution in [0.3, 0.4) is 0 Å². The van der Waals surface area contributed by atoms with Crippen LogP contribution in [0.15, 0.2) is 115 Å². The van der Waals surface area contributed by atoms with Gasteiger partial charge in [-0.3, -0.25) is 0 Å². The van der Waals surface area contributed by atoms with Crippen molar-refractivity contribution in [1.82, 2.24) is 0 Å². The van der Waals surface area contributed by atoms with E-state index in [0.29, 0.717) is 12.3 Å². The molecule has 0 atom stereocenters. The molecule has 0 aliphatic heterocycles. The van der Waals surface area contributed by atoms with E-state index in [2.05, 4.69) is 5.32 Å². The molecule has 4 aromatic rings. The van der Waals surface area contributed by atoms with Gasteiger partial charge in [0.2, 0.25) is 0 Å². The van der Waals surface area contributed by atoms with Crippen LogP contribution >= 0.6 is 17.2 Å². The molecule has 0 heterocycles. The zero-order valence-corrected chi connectivity index (χ0v) is 20.2. The van der Waals surface area contributed by atoms with Gasteiger partial charge in [-0.05, 0) is 0 Å². The molecule has 0 aliphatic rings. The third kappa shape index (κ3) is 4.53. The summed E-state index contributed by atoms with van der Waals surface area (Å²) in [5, 5.41) is 5.94. The Morgan fingerprint density at radius 3 is 1.55 bits per heavy atom. The fourth-order valence-electron chi connectivity index (χ4n) is 4.21. The van der Waals surface area contributed by atoms with Crippen molar-refractivity contribution in [3.05, 3.63) is 115 Å².